The van der Waals surface area contributed by atoms with Crippen molar-refractivity contribution < 1.29 is 13.9 Å². The Morgan fingerprint density at radius 2 is 1.91 bits per heavy atom. The molecule has 5 heteroatoms. The van der Waals surface area contributed by atoms with Gasteiger partial charge in [0.2, 0.25) is 5.91 Å². The highest BCUT2D eigenvalue weighted by Crippen LogP contribution is 2.19. The van der Waals surface area contributed by atoms with Crippen molar-refractivity contribution in [2.75, 3.05) is 5.32 Å². The molecule has 0 saturated carbocycles. The summed E-state index contributed by atoms with van der Waals surface area (Å²) in [6, 6.07) is 12.7. The lowest BCUT2D eigenvalue weighted by molar-refractivity contribution is -0.118. The van der Waals surface area contributed by atoms with Gasteiger partial charge in [0, 0.05) is 11.8 Å². The van der Waals surface area contributed by atoms with E-state index in [1.807, 2.05) is 13.8 Å². The molecule has 1 unspecified atom stereocenters. The molecular weight excluding hydrogens is 295 g/mol. The minimum atomic E-state index is -0.557. The van der Waals surface area contributed by atoms with Crippen LogP contribution in [0.5, 0.6) is 5.75 Å². The highest BCUT2D eigenvalue weighted by atomic mass is 19.1. The molecule has 2 aromatic rings. The van der Waals surface area contributed by atoms with E-state index in [9.17, 15) is 9.18 Å². The van der Waals surface area contributed by atoms with Crippen molar-refractivity contribution in [1.29, 1.82) is 0 Å². The number of amides is 1. The van der Waals surface area contributed by atoms with Gasteiger partial charge in [-0.3, -0.25) is 4.79 Å². The van der Waals surface area contributed by atoms with Crippen LogP contribution in [0.4, 0.5) is 10.1 Å². The summed E-state index contributed by atoms with van der Waals surface area (Å²) in [7, 11) is 0. The average molecular weight is 316 g/mol. The number of nitrogens with two attached hydrogens (primary N) is 1. The maximum Gasteiger partial charge on any atom is 0.241 e. The molecule has 4 nitrogen and oxygen atoms in total. The Balaban J connectivity index is 1.96. The van der Waals surface area contributed by atoms with Crippen LogP contribution >= 0.6 is 0 Å². The molecule has 0 aliphatic carbocycles. The van der Waals surface area contributed by atoms with Crippen molar-refractivity contribution in [3.05, 3.63) is 59.9 Å². The molecule has 2 aromatic carbocycles. The van der Waals surface area contributed by atoms with Crippen LogP contribution in [0.2, 0.25) is 0 Å². The molecular formula is C18H21FN2O2. The highest BCUT2D eigenvalue weighted by Gasteiger charge is 2.17. The second-order valence-electron chi connectivity index (χ2n) is 5.70. The summed E-state index contributed by atoms with van der Waals surface area (Å²) >= 11 is 0. The van der Waals surface area contributed by atoms with Crippen molar-refractivity contribution in [2.45, 2.75) is 26.5 Å². The average Bonchev–Trinajstić information content (AvgIpc) is 2.54. The third-order valence-electron chi connectivity index (χ3n) is 3.44. The molecule has 23 heavy (non-hydrogen) atoms. The number of anilines is 1. The van der Waals surface area contributed by atoms with Gasteiger partial charge in [-0.1, -0.05) is 32.0 Å². The topological polar surface area (TPSA) is 64.4 Å². The molecule has 0 aliphatic rings. The van der Waals surface area contributed by atoms with Crippen molar-refractivity contribution in [3.8, 4) is 5.75 Å². The Bertz CT molecular complexity index is 656. The Hall–Kier alpha value is -2.40. The highest BCUT2D eigenvalue weighted by molar-refractivity contribution is 5.94. The fourth-order valence-electron chi connectivity index (χ4n) is 1.94. The van der Waals surface area contributed by atoms with Gasteiger partial charge in [-0.25, -0.2) is 4.39 Å². The molecule has 0 aromatic heterocycles. The van der Waals surface area contributed by atoms with Gasteiger partial charge in [-0.05, 0) is 35.7 Å². The first-order chi connectivity index (χ1) is 11.0. The normalized spacial score (nSPS) is 12.0. The van der Waals surface area contributed by atoms with E-state index in [0.717, 1.165) is 5.56 Å². The van der Waals surface area contributed by atoms with Crippen LogP contribution in [0.3, 0.4) is 0 Å². The third-order valence-corrected chi connectivity index (χ3v) is 3.44. The van der Waals surface area contributed by atoms with Crippen molar-refractivity contribution in [1.82, 2.24) is 0 Å². The summed E-state index contributed by atoms with van der Waals surface area (Å²) in [5.41, 5.74) is 7.31. The monoisotopic (exact) mass is 316 g/mol. The number of halogens is 1. The lowest BCUT2D eigenvalue weighted by Crippen LogP contribution is -2.39. The Morgan fingerprint density at radius 3 is 2.57 bits per heavy atom. The van der Waals surface area contributed by atoms with Crippen LogP contribution in [-0.2, 0) is 11.4 Å². The summed E-state index contributed by atoms with van der Waals surface area (Å²) < 4.78 is 18.5. The molecule has 0 aliphatic heterocycles. The van der Waals surface area contributed by atoms with Crippen LogP contribution in [0, 0.1) is 11.7 Å². The van der Waals surface area contributed by atoms with Crippen LogP contribution in [0.25, 0.3) is 0 Å². The van der Waals surface area contributed by atoms with Gasteiger partial charge in [-0.2, -0.15) is 0 Å². The lowest BCUT2D eigenvalue weighted by Gasteiger charge is -2.15. The summed E-state index contributed by atoms with van der Waals surface area (Å²) in [5, 5.41) is 2.78. The van der Waals surface area contributed by atoms with Gasteiger partial charge in [0.15, 0.2) is 0 Å². The molecule has 0 heterocycles. The van der Waals surface area contributed by atoms with E-state index in [4.69, 9.17) is 10.5 Å². The van der Waals surface area contributed by atoms with Crippen LogP contribution < -0.4 is 15.8 Å². The number of rotatable bonds is 6. The first-order valence-corrected chi connectivity index (χ1v) is 7.49. The third kappa shape index (κ3) is 5.07. The first-order valence-electron chi connectivity index (χ1n) is 7.49. The van der Waals surface area contributed by atoms with Gasteiger partial charge in [0.05, 0.1) is 6.04 Å². The Labute approximate surface area is 135 Å². The van der Waals surface area contributed by atoms with Crippen LogP contribution in [0.1, 0.15) is 19.4 Å². The molecule has 0 fully saturated rings. The van der Waals surface area contributed by atoms with Crippen LogP contribution in [-0.4, -0.2) is 11.9 Å². The molecule has 122 valence electrons. The summed E-state index contributed by atoms with van der Waals surface area (Å²) in [4.78, 5) is 12.0. The molecule has 1 atom stereocenters. The van der Waals surface area contributed by atoms with E-state index < -0.39 is 6.04 Å². The van der Waals surface area contributed by atoms with E-state index in [0.29, 0.717) is 18.0 Å². The quantitative estimate of drug-likeness (QED) is 0.859. The molecule has 0 spiro atoms. The minimum absolute atomic E-state index is 0.0629. The summed E-state index contributed by atoms with van der Waals surface area (Å²) in [6.07, 6.45) is 0. The van der Waals surface area contributed by atoms with Gasteiger partial charge < -0.3 is 15.8 Å². The smallest absolute Gasteiger partial charge is 0.241 e. The summed E-state index contributed by atoms with van der Waals surface area (Å²) in [6.45, 7) is 4.11. The molecule has 3 N–H and O–H groups in total. The zero-order chi connectivity index (χ0) is 16.8. The maximum absolute atomic E-state index is 12.9. The van der Waals surface area contributed by atoms with E-state index in [2.05, 4.69) is 5.32 Å². The molecule has 2 rings (SSSR count). The molecule has 1 amide bonds. The van der Waals surface area contributed by atoms with Crippen molar-refractivity contribution >= 4 is 11.6 Å². The summed E-state index contributed by atoms with van der Waals surface area (Å²) in [5.74, 6) is 0.175. The molecule has 0 radical (unpaired) electrons. The largest absolute Gasteiger partial charge is 0.489 e. The van der Waals surface area contributed by atoms with E-state index in [1.54, 1.807) is 36.4 Å². The number of carbonyl (C=O) groups excluding carboxylic acids is 1. The standard InChI is InChI=1S/C18H21FN2O2/c1-12(2)17(20)18(22)21-15-4-3-5-16(10-15)23-11-13-6-8-14(19)9-7-13/h3-10,12,17H,11,20H2,1-2H3,(H,21,22). The van der Waals surface area contributed by atoms with Crippen LogP contribution in [0.15, 0.2) is 48.5 Å². The first kappa shape index (κ1) is 17.0. The molecule has 0 bridgehead atoms. The second-order valence-corrected chi connectivity index (χ2v) is 5.70. The fraction of sp³-hybridized carbons (Fsp3) is 0.278. The van der Waals surface area contributed by atoms with E-state index >= 15 is 0 Å². The van der Waals surface area contributed by atoms with E-state index in [1.165, 1.54) is 12.1 Å². The predicted molar refractivity (Wildman–Crippen MR) is 88.6 cm³/mol. The molecule has 0 saturated heterocycles. The lowest BCUT2D eigenvalue weighted by atomic mass is 10.0. The number of hydrogen-bond acceptors (Lipinski definition) is 3. The van der Waals surface area contributed by atoms with Crippen molar-refractivity contribution in [2.24, 2.45) is 11.7 Å². The zero-order valence-electron chi connectivity index (χ0n) is 13.3. The van der Waals surface area contributed by atoms with E-state index in [-0.39, 0.29) is 17.6 Å². The Kier molecular flexibility index (Phi) is 5.71. The fourth-order valence-corrected chi connectivity index (χ4v) is 1.94. The number of ether oxygens (including phenoxy) is 1. The number of nitrogens with one attached hydrogen (secondary N) is 1. The number of benzene rings is 2. The minimum Gasteiger partial charge on any atom is -0.489 e. The van der Waals surface area contributed by atoms with Gasteiger partial charge in [0.1, 0.15) is 18.2 Å². The second kappa shape index (κ2) is 7.74. The number of hydrogen-bond donors (Lipinski definition) is 2. The van der Waals surface area contributed by atoms with Gasteiger partial charge in [0.25, 0.3) is 0 Å². The SMILES string of the molecule is CC(C)C(N)C(=O)Nc1cccc(OCc2ccc(F)cc2)c1. The van der Waals surface area contributed by atoms with Gasteiger partial charge in [-0.15, -0.1) is 0 Å². The van der Waals surface area contributed by atoms with Gasteiger partial charge >= 0.3 is 0 Å². The Morgan fingerprint density at radius 1 is 1.22 bits per heavy atom. The van der Waals surface area contributed by atoms with Crippen molar-refractivity contribution in [3.63, 3.8) is 0 Å². The maximum atomic E-state index is 12.9. The zero-order valence-corrected chi connectivity index (χ0v) is 13.3. The predicted octanol–water partition coefficient (Wildman–Crippen LogP) is 3.33. The number of carbonyl (C=O) groups is 1.